The molecule has 0 heterocycles. The van der Waals surface area contributed by atoms with Gasteiger partial charge in [-0.15, -0.1) is 0 Å². The highest BCUT2D eigenvalue weighted by Gasteiger charge is 2.37. The topological polar surface area (TPSA) is 76.0 Å². The number of ether oxygens (including phenoxy) is 1. The summed E-state index contributed by atoms with van der Waals surface area (Å²) >= 11 is 0. The molecule has 0 fully saturated rings. The summed E-state index contributed by atoms with van der Waals surface area (Å²) in [7, 11) is -4.65. The number of hydrogen-bond donors (Lipinski definition) is 2. The fourth-order valence-corrected chi connectivity index (χ4v) is 4.14. The molecule has 2 N–H and O–H groups in total. The van der Waals surface area contributed by atoms with E-state index in [2.05, 4.69) is 6.92 Å². The average molecular weight is 406 g/mol. The molecule has 0 bridgehead atoms. The Morgan fingerprint density at radius 1 is 0.893 bits per heavy atom. The van der Waals surface area contributed by atoms with Gasteiger partial charge in [-0.1, -0.05) is 81.1 Å². The monoisotopic (exact) mass is 406 g/mol. The zero-order valence-electron chi connectivity index (χ0n) is 16.5. The summed E-state index contributed by atoms with van der Waals surface area (Å²) in [6, 6.07) is 19.1. The van der Waals surface area contributed by atoms with Crippen LogP contribution in [0.4, 0.5) is 0 Å². The second kappa shape index (κ2) is 11.4. The van der Waals surface area contributed by atoms with Crippen LogP contribution in [0.1, 0.15) is 51.0 Å². The minimum Gasteiger partial charge on any atom is -0.493 e. The quantitative estimate of drug-likeness (QED) is 0.338. The van der Waals surface area contributed by atoms with Crippen LogP contribution in [0.5, 0.6) is 5.75 Å². The first-order chi connectivity index (χ1) is 13.4. The summed E-state index contributed by atoms with van der Waals surface area (Å²) in [5.41, 5.74) is 0.0225. The maximum atomic E-state index is 11.8. The average Bonchev–Trinajstić information content (AvgIpc) is 2.66. The molecule has 28 heavy (non-hydrogen) atoms. The largest absolute Gasteiger partial charge is 0.493 e. The van der Waals surface area contributed by atoms with Crippen molar-refractivity contribution in [2.75, 3.05) is 6.61 Å². The van der Waals surface area contributed by atoms with Gasteiger partial charge in [-0.05, 0) is 24.1 Å². The van der Waals surface area contributed by atoms with E-state index in [1.165, 1.54) is 0 Å². The molecule has 2 aromatic rings. The van der Waals surface area contributed by atoms with Crippen LogP contribution >= 0.6 is 7.82 Å². The molecule has 6 heteroatoms. The van der Waals surface area contributed by atoms with Crippen molar-refractivity contribution in [2.24, 2.45) is 0 Å². The first-order valence-electron chi connectivity index (χ1n) is 9.90. The molecule has 1 unspecified atom stereocenters. The third-order valence-corrected chi connectivity index (χ3v) is 5.36. The number of para-hydroxylation sites is 1. The predicted molar refractivity (Wildman–Crippen MR) is 111 cm³/mol. The molecule has 154 valence electrons. The van der Waals surface area contributed by atoms with Crippen LogP contribution in [0.25, 0.3) is 0 Å². The Bertz CT molecular complexity index is 716. The number of unbranched alkanes of at least 4 members (excludes halogenated alkanes) is 3. The Hall–Kier alpha value is -1.65. The van der Waals surface area contributed by atoms with E-state index in [0.29, 0.717) is 25.9 Å². The van der Waals surface area contributed by atoms with Gasteiger partial charge in [-0.3, -0.25) is 4.52 Å². The van der Waals surface area contributed by atoms with E-state index in [-0.39, 0.29) is 0 Å². The Morgan fingerprint density at radius 3 is 2.14 bits per heavy atom. The number of benzene rings is 2. The van der Waals surface area contributed by atoms with Crippen LogP contribution in [0.15, 0.2) is 60.7 Å². The molecule has 0 aliphatic carbocycles. The van der Waals surface area contributed by atoms with E-state index in [1.54, 1.807) is 0 Å². The molecule has 0 aromatic heterocycles. The molecule has 0 aliphatic rings. The maximum Gasteiger partial charge on any atom is 0.470 e. The van der Waals surface area contributed by atoms with Gasteiger partial charge in [0.25, 0.3) is 0 Å². The van der Waals surface area contributed by atoms with Gasteiger partial charge in [0, 0.05) is 12.8 Å². The van der Waals surface area contributed by atoms with E-state index in [0.717, 1.165) is 37.0 Å². The van der Waals surface area contributed by atoms with Crippen molar-refractivity contribution < 1.29 is 23.6 Å². The molecule has 1 atom stereocenters. The standard InChI is InChI=1S/C22H31O5P/c1-2-3-4-11-16-22(27-28(23,24)25,19-20-12-7-5-8-13-20)17-18-26-21-14-9-6-10-15-21/h5-10,12-15H,2-4,11,16-19H2,1H3,(H2,23,24,25). The SMILES string of the molecule is CCCCCCC(CCOc1ccccc1)(Cc1ccccc1)OP(=O)(O)O. The van der Waals surface area contributed by atoms with E-state index >= 15 is 0 Å². The lowest BCUT2D eigenvalue weighted by atomic mass is 9.86. The van der Waals surface area contributed by atoms with Crippen molar-refractivity contribution in [1.29, 1.82) is 0 Å². The number of phosphoric ester groups is 1. The Morgan fingerprint density at radius 2 is 1.54 bits per heavy atom. The van der Waals surface area contributed by atoms with Crippen LogP contribution in [0, 0.1) is 0 Å². The molecular weight excluding hydrogens is 375 g/mol. The van der Waals surface area contributed by atoms with Gasteiger partial charge in [0.2, 0.25) is 0 Å². The van der Waals surface area contributed by atoms with Crippen molar-refractivity contribution >= 4 is 7.82 Å². The molecule has 0 radical (unpaired) electrons. The lowest BCUT2D eigenvalue weighted by Gasteiger charge is -2.34. The fraction of sp³-hybridized carbons (Fsp3) is 0.455. The zero-order valence-corrected chi connectivity index (χ0v) is 17.4. The van der Waals surface area contributed by atoms with Crippen LogP contribution in [-0.4, -0.2) is 22.0 Å². The smallest absolute Gasteiger partial charge is 0.470 e. The normalized spacial score (nSPS) is 13.8. The van der Waals surface area contributed by atoms with Gasteiger partial charge in [0.15, 0.2) is 0 Å². The van der Waals surface area contributed by atoms with Crippen molar-refractivity contribution in [2.45, 2.75) is 57.5 Å². The summed E-state index contributed by atoms with van der Waals surface area (Å²) in [6.07, 6.45) is 5.46. The molecule has 0 amide bonds. The number of hydrogen-bond acceptors (Lipinski definition) is 3. The van der Waals surface area contributed by atoms with E-state index in [4.69, 9.17) is 9.26 Å². The first-order valence-corrected chi connectivity index (χ1v) is 11.4. The van der Waals surface area contributed by atoms with Gasteiger partial charge in [-0.2, -0.15) is 0 Å². The predicted octanol–water partition coefficient (Wildman–Crippen LogP) is 5.52. The minimum absolute atomic E-state index is 0.324. The lowest BCUT2D eigenvalue weighted by Crippen LogP contribution is -2.36. The van der Waals surface area contributed by atoms with E-state index in [1.807, 2.05) is 60.7 Å². The molecule has 0 saturated heterocycles. The number of rotatable bonds is 13. The molecule has 2 aromatic carbocycles. The second-order valence-corrected chi connectivity index (χ2v) is 8.31. The third-order valence-electron chi connectivity index (χ3n) is 4.74. The van der Waals surface area contributed by atoms with Crippen molar-refractivity contribution in [3.8, 4) is 5.75 Å². The van der Waals surface area contributed by atoms with Crippen molar-refractivity contribution in [3.63, 3.8) is 0 Å². The summed E-state index contributed by atoms with van der Waals surface area (Å²) in [5, 5.41) is 0. The zero-order chi connectivity index (χ0) is 20.3. The van der Waals surface area contributed by atoms with Gasteiger partial charge in [0.05, 0.1) is 12.2 Å². The highest BCUT2D eigenvalue weighted by molar-refractivity contribution is 7.46. The van der Waals surface area contributed by atoms with Gasteiger partial charge < -0.3 is 14.5 Å². The van der Waals surface area contributed by atoms with Gasteiger partial charge in [0.1, 0.15) is 5.75 Å². The fourth-order valence-electron chi connectivity index (χ4n) is 3.39. The maximum absolute atomic E-state index is 11.8. The Labute approximate surface area is 168 Å². The van der Waals surface area contributed by atoms with Crippen LogP contribution in [0.3, 0.4) is 0 Å². The molecule has 0 spiro atoms. The van der Waals surface area contributed by atoms with E-state index in [9.17, 15) is 14.4 Å². The molecular formula is C22H31O5P. The van der Waals surface area contributed by atoms with Crippen LogP contribution in [0.2, 0.25) is 0 Å². The van der Waals surface area contributed by atoms with Crippen molar-refractivity contribution in [1.82, 2.24) is 0 Å². The Balaban J connectivity index is 2.15. The summed E-state index contributed by atoms with van der Waals surface area (Å²) in [5.74, 6) is 0.735. The van der Waals surface area contributed by atoms with E-state index < -0.39 is 13.4 Å². The molecule has 2 rings (SSSR count). The molecule has 5 nitrogen and oxygen atoms in total. The highest BCUT2D eigenvalue weighted by Crippen LogP contribution is 2.46. The van der Waals surface area contributed by atoms with Gasteiger partial charge in [-0.25, -0.2) is 4.57 Å². The molecule has 0 saturated carbocycles. The summed E-state index contributed by atoms with van der Waals surface area (Å²) in [6.45, 7) is 2.46. The highest BCUT2D eigenvalue weighted by atomic mass is 31.2. The minimum atomic E-state index is -4.65. The molecule has 0 aliphatic heterocycles. The lowest BCUT2D eigenvalue weighted by molar-refractivity contribution is 0.00702. The van der Waals surface area contributed by atoms with Crippen LogP contribution in [-0.2, 0) is 15.5 Å². The first kappa shape index (κ1) is 22.6. The van der Waals surface area contributed by atoms with Gasteiger partial charge >= 0.3 is 7.82 Å². The number of phosphoric acid groups is 1. The second-order valence-electron chi connectivity index (χ2n) is 7.15. The van der Waals surface area contributed by atoms with Crippen LogP contribution < -0.4 is 4.74 Å². The summed E-state index contributed by atoms with van der Waals surface area (Å²) < 4.78 is 23.0. The third kappa shape index (κ3) is 8.57. The summed E-state index contributed by atoms with van der Waals surface area (Å²) in [4.78, 5) is 19.2. The Kier molecular flexibility index (Phi) is 9.20. The van der Waals surface area contributed by atoms with Crippen molar-refractivity contribution in [3.05, 3.63) is 66.2 Å².